The van der Waals surface area contributed by atoms with Crippen LogP contribution in [0.15, 0.2) is 0 Å². The van der Waals surface area contributed by atoms with E-state index in [9.17, 15) is 9.59 Å². The largest absolute Gasteiger partial charge is 0.462 e. The van der Waals surface area contributed by atoms with Crippen molar-refractivity contribution >= 4 is 12.3 Å². The van der Waals surface area contributed by atoms with Gasteiger partial charge in [0, 0.05) is 12.8 Å². The highest BCUT2D eigenvalue weighted by atomic mass is 16.5. The molecule has 0 aliphatic rings. The summed E-state index contributed by atoms with van der Waals surface area (Å²) in [7, 11) is 0. The Morgan fingerprint density at radius 2 is 0.927 bits per heavy atom. The minimum absolute atomic E-state index is 0.0345. The molecule has 244 valence electrons. The van der Waals surface area contributed by atoms with Crippen molar-refractivity contribution in [3.05, 3.63) is 0 Å². The van der Waals surface area contributed by atoms with Crippen molar-refractivity contribution in [2.45, 2.75) is 207 Å². The minimum Gasteiger partial charge on any atom is -0.462 e. The summed E-state index contributed by atoms with van der Waals surface area (Å²) in [4.78, 5) is 26.0. The molecule has 0 aromatic heterocycles. The Morgan fingerprint density at radius 3 is 1.39 bits per heavy atom. The van der Waals surface area contributed by atoms with E-state index in [-0.39, 0.29) is 12.1 Å². The highest BCUT2D eigenvalue weighted by molar-refractivity contribution is 5.69. The number of rotatable bonds is 34. The average Bonchev–Trinajstić information content (AvgIpc) is 2.97. The SMILES string of the molecule is CCCCCCCCC(CCCCCCCC)OC(=O)CCCCCCCN(CCCC=O)CCCCCCCC. The van der Waals surface area contributed by atoms with Gasteiger partial charge in [0.1, 0.15) is 12.4 Å². The van der Waals surface area contributed by atoms with Gasteiger partial charge in [0.25, 0.3) is 0 Å². The van der Waals surface area contributed by atoms with E-state index >= 15 is 0 Å². The maximum Gasteiger partial charge on any atom is 0.306 e. The maximum atomic E-state index is 12.6. The molecular weight excluding hydrogens is 506 g/mol. The van der Waals surface area contributed by atoms with Crippen molar-refractivity contribution in [1.82, 2.24) is 4.90 Å². The van der Waals surface area contributed by atoms with E-state index in [0.717, 1.165) is 51.5 Å². The number of hydrogen-bond donors (Lipinski definition) is 0. The van der Waals surface area contributed by atoms with Gasteiger partial charge >= 0.3 is 5.97 Å². The normalized spacial score (nSPS) is 11.5. The number of aldehydes is 1. The van der Waals surface area contributed by atoms with Gasteiger partial charge in [-0.05, 0) is 71.0 Å². The molecular formula is C37H73NO3. The van der Waals surface area contributed by atoms with Crippen molar-refractivity contribution < 1.29 is 14.3 Å². The Morgan fingerprint density at radius 1 is 0.537 bits per heavy atom. The van der Waals surface area contributed by atoms with Gasteiger partial charge in [0.15, 0.2) is 0 Å². The molecule has 0 N–H and O–H groups in total. The quantitative estimate of drug-likeness (QED) is 0.0432. The molecule has 0 heterocycles. The van der Waals surface area contributed by atoms with Gasteiger partial charge in [-0.15, -0.1) is 0 Å². The Balaban J connectivity index is 4.15. The van der Waals surface area contributed by atoms with Crippen LogP contribution in [-0.4, -0.2) is 42.9 Å². The topological polar surface area (TPSA) is 46.6 Å². The van der Waals surface area contributed by atoms with Crippen LogP contribution in [0.4, 0.5) is 0 Å². The fourth-order valence-electron chi connectivity index (χ4n) is 5.80. The van der Waals surface area contributed by atoms with Crippen LogP contribution in [0, 0.1) is 0 Å². The first-order chi connectivity index (χ1) is 20.2. The number of esters is 1. The molecule has 4 nitrogen and oxygen atoms in total. The summed E-state index contributed by atoms with van der Waals surface area (Å²) in [5.41, 5.74) is 0. The number of carbonyl (C=O) groups is 2. The highest BCUT2D eigenvalue weighted by Crippen LogP contribution is 2.18. The Kier molecular flexibility index (Phi) is 32.9. The zero-order valence-corrected chi connectivity index (χ0v) is 28.2. The van der Waals surface area contributed by atoms with Gasteiger partial charge in [-0.25, -0.2) is 0 Å². The third-order valence-corrected chi connectivity index (χ3v) is 8.54. The summed E-state index contributed by atoms with van der Waals surface area (Å²) < 4.78 is 6.01. The summed E-state index contributed by atoms with van der Waals surface area (Å²) >= 11 is 0. The van der Waals surface area contributed by atoms with E-state index in [2.05, 4.69) is 25.7 Å². The smallest absolute Gasteiger partial charge is 0.306 e. The van der Waals surface area contributed by atoms with Crippen molar-refractivity contribution in [2.75, 3.05) is 19.6 Å². The number of nitrogens with zero attached hydrogens (tertiary/aromatic N) is 1. The summed E-state index contributed by atoms with van der Waals surface area (Å²) in [5.74, 6) is 0.0345. The molecule has 4 heteroatoms. The van der Waals surface area contributed by atoms with E-state index in [1.807, 2.05) is 0 Å². The molecule has 0 aliphatic carbocycles. The molecule has 0 atom stereocenters. The van der Waals surface area contributed by atoms with Gasteiger partial charge < -0.3 is 14.4 Å². The number of carbonyl (C=O) groups excluding carboxylic acids is 2. The molecule has 0 fully saturated rings. The summed E-state index contributed by atoms with van der Waals surface area (Å²) in [5, 5.41) is 0. The second-order valence-electron chi connectivity index (χ2n) is 12.7. The van der Waals surface area contributed by atoms with E-state index in [0.29, 0.717) is 12.8 Å². The van der Waals surface area contributed by atoms with Crippen LogP contribution in [0.5, 0.6) is 0 Å². The number of ether oxygens (including phenoxy) is 1. The second kappa shape index (κ2) is 33.6. The third-order valence-electron chi connectivity index (χ3n) is 8.54. The molecule has 0 aromatic carbocycles. The standard InChI is InChI=1S/C37H73NO3/c1-4-7-10-13-17-22-29-36(30-23-18-14-11-8-5-2)41-37(40)31-24-19-16-21-26-33-38(34-27-28-35-39)32-25-20-15-12-9-6-3/h35-36H,4-34H2,1-3H3. The molecule has 0 amide bonds. The highest BCUT2D eigenvalue weighted by Gasteiger charge is 2.14. The van der Waals surface area contributed by atoms with Crippen LogP contribution >= 0.6 is 0 Å². The molecule has 0 saturated carbocycles. The van der Waals surface area contributed by atoms with Crippen LogP contribution in [0.3, 0.4) is 0 Å². The van der Waals surface area contributed by atoms with Crippen molar-refractivity contribution in [3.63, 3.8) is 0 Å². The fourth-order valence-corrected chi connectivity index (χ4v) is 5.80. The van der Waals surface area contributed by atoms with Crippen LogP contribution in [0.2, 0.25) is 0 Å². The van der Waals surface area contributed by atoms with Crippen molar-refractivity contribution in [1.29, 1.82) is 0 Å². The molecule has 0 unspecified atom stereocenters. The summed E-state index contributed by atoms with van der Waals surface area (Å²) in [6.07, 6.45) is 34.8. The van der Waals surface area contributed by atoms with Crippen LogP contribution in [-0.2, 0) is 14.3 Å². The predicted molar refractivity (Wildman–Crippen MR) is 179 cm³/mol. The number of hydrogen-bond acceptors (Lipinski definition) is 4. The van der Waals surface area contributed by atoms with Crippen LogP contribution in [0.1, 0.15) is 201 Å². The first-order valence-electron chi connectivity index (χ1n) is 18.5. The lowest BCUT2D eigenvalue weighted by molar-refractivity contribution is -0.150. The average molecular weight is 580 g/mol. The van der Waals surface area contributed by atoms with Crippen molar-refractivity contribution in [2.24, 2.45) is 0 Å². The van der Waals surface area contributed by atoms with E-state index in [1.54, 1.807) is 0 Å². The zero-order chi connectivity index (χ0) is 30.1. The summed E-state index contributed by atoms with van der Waals surface area (Å²) in [6, 6.07) is 0. The third kappa shape index (κ3) is 30.4. The Hall–Kier alpha value is -0.900. The first-order valence-corrected chi connectivity index (χ1v) is 18.5. The fraction of sp³-hybridized carbons (Fsp3) is 0.946. The Bertz CT molecular complexity index is 522. The van der Waals surface area contributed by atoms with E-state index < -0.39 is 0 Å². The van der Waals surface area contributed by atoms with Gasteiger partial charge in [0.2, 0.25) is 0 Å². The molecule has 0 rings (SSSR count). The number of unbranched alkanes of at least 4 members (excludes halogenated alkanes) is 20. The van der Waals surface area contributed by atoms with Gasteiger partial charge in [-0.3, -0.25) is 4.79 Å². The molecule has 0 bridgehead atoms. The van der Waals surface area contributed by atoms with Crippen LogP contribution < -0.4 is 0 Å². The summed E-state index contributed by atoms with van der Waals surface area (Å²) in [6.45, 7) is 10.2. The minimum atomic E-state index is 0.0345. The van der Waals surface area contributed by atoms with E-state index in [4.69, 9.17) is 4.74 Å². The lowest BCUT2D eigenvalue weighted by Crippen LogP contribution is -2.27. The van der Waals surface area contributed by atoms with Gasteiger partial charge in [-0.1, -0.05) is 136 Å². The molecule has 41 heavy (non-hydrogen) atoms. The second-order valence-corrected chi connectivity index (χ2v) is 12.7. The molecule has 0 aromatic rings. The van der Waals surface area contributed by atoms with Gasteiger partial charge in [0.05, 0.1) is 0 Å². The zero-order valence-electron chi connectivity index (χ0n) is 28.2. The maximum absolute atomic E-state index is 12.6. The lowest BCUT2D eigenvalue weighted by atomic mass is 10.0. The Labute approximate surface area is 257 Å². The van der Waals surface area contributed by atoms with Crippen molar-refractivity contribution in [3.8, 4) is 0 Å². The predicted octanol–water partition coefficient (Wildman–Crippen LogP) is 11.4. The van der Waals surface area contributed by atoms with Gasteiger partial charge in [-0.2, -0.15) is 0 Å². The molecule has 0 saturated heterocycles. The van der Waals surface area contributed by atoms with Crippen LogP contribution in [0.25, 0.3) is 0 Å². The molecule has 0 spiro atoms. The monoisotopic (exact) mass is 580 g/mol. The molecule has 0 aliphatic heterocycles. The lowest BCUT2D eigenvalue weighted by Gasteiger charge is -2.22. The molecule has 0 radical (unpaired) electrons. The first kappa shape index (κ1) is 40.1. The van der Waals surface area contributed by atoms with E-state index in [1.165, 1.54) is 141 Å².